The van der Waals surface area contributed by atoms with Crippen molar-refractivity contribution in [2.45, 2.75) is 39.0 Å². The van der Waals surface area contributed by atoms with E-state index in [2.05, 4.69) is 48.6 Å². The molecule has 2 aromatic carbocycles. The van der Waals surface area contributed by atoms with Crippen molar-refractivity contribution in [2.24, 2.45) is 0 Å². The number of aryl methyl sites for hydroxylation is 1. The van der Waals surface area contributed by atoms with Gasteiger partial charge < -0.3 is 5.32 Å². The lowest BCUT2D eigenvalue weighted by Gasteiger charge is -2.08. The van der Waals surface area contributed by atoms with Gasteiger partial charge in [-0.25, -0.2) is 0 Å². The fraction of sp³-hybridized carbons (Fsp3) is 0.286. The van der Waals surface area contributed by atoms with Crippen molar-refractivity contribution >= 4 is 5.91 Å². The first-order valence-corrected chi connectivity index (χ1v) is 8.35. The Labute approximate surface area is 138 Å². The number of benzene rings is 2. The van der Waals surface area contributed by atoms with Crippen LogP contribution in [0.5, 0.6) is 0 Å². The Balaban J connectivity index is 1.54. The van der Waals surface area contributed by atoms with Crippen molar-refractivity contribution in [1.29, 1.82) is 0 Å². The third-order valence-corrected chi connectivity index (χ3v) is 4.49. The van der Waals surface area contributed by atoms with Crippen molar-refractivity contribution in [3.05, 3.63) is 71.4 Å². The average molecular weight is 305 g/mol. The van der Waals surface area contributed by atoms with Gasteiger partial charge in [0.25, 0.3) is 0 Å². The van der Waals surface area contributed by atoms with E-state index < -0.39 is 0 Å². The SMILES string of the molecule is CC1=C(NC(=O)CCc2ccc(-c3ccccc3)cc2)CCC1. The molecule has 1 aliphatic rings. The second kappa shape index (κ2) is 7.28. The summed E-state index contributed by atoms with van der Waals surface area (Å²) in [5.41, 5.74) is 6.13. The molecule has 0 radical (unpaired) electrons. The zero-order valence-electron chi connectivity index (χ0n) is 13.6. The molecule has 1 N–H and O–H groups in total. The normalized spacial score (nSPS) is 14.1. The Kier molecular flexibility index (Phi) is 4.92. The van der Waals surface area contributed by atoms with E-state index in [1.54, 1.807) is 0 Å². The molecule has 0 saturated carbocycles. The lowest BCUT2D eigenvalue weighted by atomic mass is 10.0. The largest absolute Gasteiger partial charge is 0.330 e. The van der Waals surface area contributed by atoms with Gasteiger partial charge in [0.2, 0.25) is 5.91 Å². The second-order valence-electron chi connectivity index (χ2n) is 6.22. The van der Waals surface area contributed by atoms with E-state index in [4.69, 9.17) is 0 Å². The molecule has 0 unspecified atom stereocenters. The summed E-state index contributed by atoms with van der Waals surface area (Å²) in [4.78, 5) is 12.1. The van der Waals surface area contributed by atoms with Gasteiger partial charge in [0.1, 0.15) is 0 Å². The van der Waals surface area contributed by atoms with Crippen LogP contribution in [0, 0.1) is 0 Å². The van der Waals surface area contributed by atoms with Crippen LogP contribution < -0.4 is 5.32 Å². The highest BCUT2D eigenvalue weighted by Gasteiger charge is 2.13. The Morgan fingerprint density at radius 3 is 2.30 bits per heavy atom. The van der Waals surface area contributed by atoms with Crippen LogP contribution in [0.25, 0.3) is 11.1 Å². The van der Waals surface area contributed by atoms with Gasteiger partial charge in [-0.2, -0.15) is 0 Å². The summed E-state index contributed by atoms with van der Waals surface area (Å²) in [6, 6.07) is 18.8. The van der Waals surface area contributed by atoms with Crippen LogP contribution in [-0.2, 0) is 11.2 Å². The highest BCUT2D eigenvalue weighted by atomic mass is 16.1. The van der Waals surface area contributed by atoms with Crippen LogP contribution in [0.3, 0.4) is 0 Å². The minimum atomic E-state index is 0.133. The third-order valence-electron chi connectivity index (χ3n) is 4.49. The molecule has 0 aliphatic heterocycles. The topological polar surface area (TPSA) is 29.1 Å². The first-order valence-electron chi connectivity index (χ1n) is 8.35. The highest BCUT2D eigenvalue weighted by Crippen LogP contribution is 2.23. The number of amides is 1. The number of nitrogens with one attached hydrogen (secondary N) is 1. The van der Waals surface area contributed by atoms with Crippen molar-refractivity contribution in [1.82, 2.24) is 5.32 Å². The summed E-state index contributed by atoms with van der Waals surface area (Å²) < 4.78 is 0. The zero-order chi connectivity index (χ0) is 16.1. The maximum absolute atomic E-state index is 12.1. The Morgan fingerprint density at radius 1 is 0.957 bits per heavy atom. The molecule has 1 aliphatic carbocycles. The van der Waals surface area contributed by atoms with Crippen LogP contribution in [0.2, 0.25) is 0 Å². The molecular formula is C21H23NO. The molecule has 3 rings (SSSR count). The lowest BCUT2D eigenvalue weighted by molar-refractivity contribution is -0.120. The van der Waals surface area contributed by atoms with E-state index >= 15 is 0 Å². The molecule has 23 heavy (non-hydrogen) atoms. The van der Waals surface area contributed by atoms with Crippen molar-refractivity contribution < 1.29 is 4.79 Å². The minimum absolute atomic E-state index is 0.133. The first-order chi connectivity index (χ1) is 11.2. The van der Waals surface area contributed by atoms with E-state index in [1.807, 2.05) is 18.2 Å². The molecule has 2 nitrogen and oxygen atoms in total. The number of carbonyl (C=O) groups is 1. The fourth-order valence-electron chi connectivity index (χ4n) is 3.05. The summed E-state index contributed by atoms with van der Waals surface area (Å²) in [6.45, 7) is 2.12. The summed E-state index contributed by atoms with van der Waals surface area (Å²) in [5, 5.41) is 3.08. The zero-order valence-corrected chi connectivity index (χ0v) is 13.6. The maximum atomic E-state index is 12.1. The van der Waals surface area contributed by atoms with Gasteiger partial charge in [-0.05, 0) is 49.3 Å². The number of rotatable bonds is 5. The average Bonchev–Trinajstić information content (AvgIpc) is 2.99. The quantitative estimate of drug-likeness (QED) is 0.839. The van der Waals surface area contributed by atoms with E-state index in [1.165, 1.54) is 28.7 Å². The molecule has 0 atom stereocenters. The van der Waals surface area contributed by atoms with Crippen LogP contribution in [0.4, 0.5) is 0 Å². The molecular weight excluding hydrogens is 282 g/mol. The first kappa shape index (κ1) is 15.5. The molecule has 1 amide bonds. The maximum Gasteiger partial charge on any atom is 0.224 e. The fourth-order valence-corrected chi connectivity index (χ4v) is 3.05. The summed E-state index contributed by atoms with van der Waals surface area (Å²) in [5.74, 6) is 0.133. The molecule has 118 valence electrons. The van der Waals surface area contributed by atoms with Gasteiger partial charge in [0.15, 0.2) is 0 Å². The molecule has 0 aromatic heterocycles. The monoisotopic (exact) mass is 305 g/mol. The van der Waals surface area contributed by atoms with Gasteiger partial charge in [-0.3, -0.25) is 4.79 Å². The number of allylic oxidation sites excluding steroid dienone is 2. The predicted octanol–water partition coefficient (Wildman–Crippen LogP) is 4.86. The Bertz CT molecular complexity index is 698. The van der Waals surface area contributed by atoms with Gasteiger partial charge in [0, 0.05) is 12.1 Å². The lowest BCUT2D eigenvalue weighted by Crippen LogP contribution is -2.22. The van der Waals surface area contributed by atoms with Gasteiger partial charge in [0.05, 0.1) is 0 Å². The van der Waals surface area contributed by atoms with Gasteiger partial charge in [-0.15, -0.1) is 0 Å². The summed E-state index contributed by atoms with van der Waals surface area (Å²) >= 11 is 0. The molecule has 0 saturated heterocycles. The Hall–Kier alpha value is -2.35. The number of hydrogen-bond acceptors (Lipinski definition) is 1. The Morgan fingerprint density at radius 2 is 1.65 bits per heavy atom. The number of carbonyl (C=O) groups excluding carboxylic acids is 1. The standard InChI is InChI=1S/C21H23NO/c1-16-6-5-9-20(16)22-21(23)15-12-17-10-13-19(14-11-17)18-7-3-2-4-8-18/h2-4,7-8,10-11,13-14H,5-6,9,12,15H2,1H3,(H,22,23). The van der Waals surface area contributed by atoms with Gasteiger partial charge in [-0.1, -0.05) is 60.2 Å². The smallest absolute Gasteiger partial charge is 0.224 e. The van der Waals surface area contributed by atoms with E-state index in [0.29, 0.717) is 6.42 Å². The third kappa shape index (κ3) is 4.10. The highest BCUT2D eigenvalue weighted by molar-refractivity contribution is 5.78. The summed E-state index contributed by atoms with van der Waals surface area (Å²) in [7, 11) is 0. The molecule has 2 aromatic rings. The van der Waals surface area contributed by atoms with Crippen molar-refractivity contribution in [3.8, 4) is 11.1 Å². The van der Waals surface area contributed by atoms with Gasteiger partial charge >= 0.3 is 0 Å². The van der Waals surface area contributed by atoms with Crippen molar-refractivity contribution in [2.75, 3.05) is 0 Å². The van der Waals surface area contributed by atoms with Crippen molar-refractivity contribution in [3.63, 3.8) is 0 Å². The van der Waals surface area contributed by atoms with Crippen LogP contribution in [-0.4, -0.2) is 5.91 Å². The van der Waals surface area contributed by atoms with Crippen LogP contribution in [0.1, 0.15) is 38.2 Å². The van der Waals surface area contributed by atoms with Crippen LogP contribution in [0.15, 0.2) is 65.9 Å². The predicted molar refractivity (Wildman–Crippen MR) is 94.9 cm³/mol. The van der Waals surface area contributed by atoms with Crippen LogP contribution >= 0.6 is 0 Å². The molecule has 0 heterocycles. The van der Waals surface area contributed by atoms with E-state index in [-0.39, 0.29) is 5.91 Å². The minimum Gasteiger partial charge on any atom is -0.330 e. The number of hydrogen-bond donors (Lipinski definition) is 1. The van der Waals surface area contributed by atoms with E-state index in [9.17, 15) is 4.79 Å². The molecule has 0 bridgehead atoms. The molecule has 0 spiro atoms. The summed E-state index contributed by atoms with van der Waals surface area (Å²) in [6.07, 6.45) is 4.64. The molecule has 0 fully saturated rings. The second-order valence-corrected chi connectivity index (χ2v) is 6.22. The molecule has 2 heteroatoms. The van der Waals surface area contributed by atoms with E-state index in [0.717, 1.165) is 25.0 Å².